The molecule has 1 fully saturated rings. The summed E-state index contributed by atoms with van der Waals surface area (Å²) in [4.78, 5) is 10.7. The average molecular weight is 242 g/mol. The molecular formula is C14H26O3. The number of hydrogen-bond donors (Lipinski definition) is 1. The minimum atomic E-state index is -0.776. The first-order valence-electron chi connectivity index (χ1n) is 6.77. The second-order valence-corrected chi connectivity index (χ2v) is 5.91. The summed E-state index contributed by atoms with van der Waals surface area (Å²) >= 11 is 0. The van der Waals surface area contributed by atoms with Crippen molar-refractivity contribution in [1.82, 2.24) is 0 Å². The maximum Gasteiger partial charge on any atom is 0.305 e. The standard InChI is InChI=1S/C14H26O3/c1-9(2)12-6-5-10(3)7-13(12)17-11(4)8-14(15)16/h9-13H,5-8H2,1-4H3,(H,15,16)/t10?,11-,12?,13?/m0/s1. The summed E-state index contributed by atoms with van der Waals surface area (Å²) in [6.45, 7) is 8.59. The normalized spacial score (nSPS) is 31.5. The van der Waals surface area contributed by atoms with Gasteiger partial charge in [0.25, 0.3) is 0 Å². The van der Waals surface area contributed by atoms with Crippen LogP contribution < -0.4 is 0 Å². The lowest BCUT2D eigenvalue weighted by Gasteiger charge is -2.38. The van der Waals surface area contributed by atoms with Crippen molar-refractivity contribution in [1.29, 1.82) is 0 Å². The van der Waals surface area contributed by atoms with Gasteiger partial charge in [0.2, 0.25) is 0 Å². The second-order valence-electron chi connectivity index (χ2n) is 5.91. The summed E-state index contributed by atoms with van der Waals surface area (Å²) in [7, 11) is 0. The van der Waals surface area contributed by atoms with Crippen molar-refractivity contribution in [3.8, 4) is 0 Å². The van der Waals surface area contributed by atoms with Gasteiger partial charge in [-0.1, -0.05) is 27.2 Å². The van der Waals surface area contributed by atoms with Crippen LogP contribution in [-0.2, 0) is 9.53 Å². The molecule has 3 nitrogen and oxygen atoms in total. The summed E-state index contributed by atoms with van der Waals surface area (Å²) < 4.78 is 5.97. The molecule has 3 heteroatoms. The first-order valence-corrected chi connectivity index (χ1v) is 6.77. The Morgan fingerprint density at radius 1 is 1.35 bits per heavy atom. The predicted octanol–water partition coefficient (Wildman–Crippen LogP) is 3.33. The predicted molar refractivity (Wildman–Crippen MR) is 67.9 cm³/mol. The number of ether oxygens (including phenoxy) is 1. The summed E-state index contributed by atoms with van der Waals surface area (Å²) in [5.74, 6) is 1.13. The minimum absolute atomic E-state index is 0.107. The minimum Gasteiger partial charge on any atom is -0.481 e. The molecule has 1 rings (SSSR count). The van der Waals surface area contributed by atoms with Crippen LogP contribution in [-0.4, -0.2) is 23.3 Å². The van der Waals surface area contributed by atoms with E-state index in [1.165, 1.54) is 12.8 Å². The van der Waals surface area contributed by atoms with E-state index < -0.39 is 5.97 Å². The summed E-state index contributed by atoms with van der Waals surface area (Å²) in [5, 5.41) is 8.76. The van der Waals surface area contributed by atoms with Gasteiger partial charge in [0, 0.05) is 0 Å². The zero-order chi connectivity index (χ0) is 13.0. The maximum absolute atomic E-state index is 10.7. The van der Waals surface area contributed by atoms with E-state index in [0.29, 0.717) is 17.8 Å². The van der Waals surface area contributed by atoms with E-state index in [9.17, 15) is 4.79 Å². The zero-order valence-electron chi connectivity index (χ0n) is 11.5. The summed E-state index contributed by atoms with van der Waals surface area (Å²) in [6, 6.07) is 0. The topological polar surface area (TPSA) is 46.5 Å². The third kappa shape index (κ3) is 4.66. The molecule has 0 saturated heterocycles. The number of rotatable bonds is 5. The van der Waals surface area contributed by atoms with Crippen LogP contribution in [0.4, 0.5) is 0 Å². The molecule has 0 aromatic carbocycles. The summed E-state index contributed by atoms with van der Waals surface area (Å²) in [6.07, 6.45) is 3.74. The molecule has 1 aliphatic rings. The molecule has 0 spiro atoms. The fourth-order valence-corrected chi connectivity index (χ4v) is 2.86. The maximum atomic E-state index is 10.7. The lowest BCUT2D eigenvalue weighted by Crippen LogP contribution is -2.36. The molecule has 0 radical (unpaired) electrons. The van der Waals surface area contributed by atoms with Crippen molar-refractivity contribution in [3.05, 3.63) is 0 Å². The SMILES string of the molecule is CC1CCC(C(C)C)C(O[C@@H](C)CC(=O)O)C1. The highest BCUT2D eigenvalue weighted by atomic mass is 16.5. The molecule has 1 N–H and O–H groups in total. The van der Waals surface area contributed by atoms with E-state index in [1.807, 2.05) is 6.92 Å². The third-order valence-corrected chi connectivity index (χ3v) is 3.83. The van der Waals surface area contributed by atoms with E-state index in [-0.39, 0.29) is 18.6 Å². The Morgan fingerprint density at radius 2 is 2.00 bits per heavy atom. The van der Waals surface area contributed by atoms with Crippen LogP contribution in [0.1, 0.15) is 53.4 Å². The van der Waals surface area contributed by atoms with Crippen LogP contribution in [0.15, 0.2) is 0 Å². The molecule has 100 valence electrons. The van der Waals surface area contributed by atoms with Crippen molar-refractivity contribution in [2.75, 3.05) is 0 Å². The molecule has 0 amide bonds. The van der Waals surface area contributed by atoms with Gasteiger partial charge in [-0.3, -0.25) is 4.79 Å². The summed E-state index contributed by atoms with van der Waals surface area (Å²) in [5.41, 5.74) is 0. The molecule has 3 unspecified atom stereocenters. The Kier molecular flexibility index (Phi) is 5.44. The fourth-order valence-electron chi connectivity index (χ4n) is 2.86. The molecule has 17 heavy (non-hydrogen) atoms. The van der Waals surface area contributed by atoms with Gasteiger partial charge in [-0.25, -0.2) is 0 Å². The van der Waals surface area contributed by atoms with E-state index in [2.05, 4.69) is 20.8 Å². The number of aliphatic carboxylic acids is 1. The number of carbonyl (C=O) groups is 1. The van der Waals surface area contributed by atoms with Crippen LogP contribution in [0.5, 0.6) is 0 Å². The Labute approximate surface area is 105 Å². The Morgan fingerprint density at radius 3 is 2.53 bits per heavy atom. The molecule has 0 aromatic heterocycles. The van der Waals surface area contributed by atoms with Gasteiger partial charge < -0.3 is 9.84 Å². The van der Waals surface area contributed by atoms with Gasteiger partial charge in [0.05, 0.1) is 18.6 Å². The highest BCUT2D eigenvalue weighted by molar-refractivity contribution is 5.67. The van der Waals surface area contributed by atoms with E-state index in [0.717, 1.165) is 6.42 Å². The quantitative estimate of drug-likeness (QED) is 0.804. The second kappa shape index (κ2) is 6.39. The lowest BCUT2D eigenvalue weighted by atomic mass is 9.75. The third-order valence-electron chi connectivity index (χ3n) is 3.83. The molecule has 1 aliphatic carbocycles. The van der Waals surface area contributed by atoms with Gasteiger partial charge >= 0.3 is 5.97 Å². The Balaban J connectivity index is 2.54. The monoisotopic (exact) mass is 242 g/mol. The van der Waals surface area contributed by atoms with Crippen molar-refractivity contribution in [3.63, 3.8) is 0 Å². The van der Waals surface area contributed by atoms with Gasteiger partial charge in [-0.05, 0) is 37.5 Å². The number of carboxylic acids is 1. The lowest BCUT2D eigenvalue weighted by molar-refractivity contribution is -0.143. The molecule has 0 bridgehead atoms. The molecule has 4 atom stereocenters. The molecule has 0 aliphatic heterocycles. The number of hydrogen-bond acceptors (Lipinski definition) is 2. The molecule has 0 heterocycles. The van der Waals surface area contributed by atoms with Gasteiger partial charge in [-0.15, -0.1) is 0 Å². The largest absolute Gasteiger partial charge is 0.481 e. The van der Waals surface area contributed by atoms with Gasteiger partial charge in [0.1, 0.15) is 0 Å². The van der Waals surface area contributed by atoms with E-state index in [4.69, 9.17) is 9.84 Å². The fraction of sp³-hybridized carbons (Fsp3) is 0.929. The molecule has 1 saturated carbocycles. The molecule has 0 aromatic rings. The van der Waals surface area contributed by atoms with E-state index in [1.54, 1.807) is 0 Å². The van der Waals surface area contributed by atoms with Crippen molar-refractivity contribution in [2.45, 2.75) is 65.6 Å². The van der Waals surface area contributed by atoms with Crippen LogP contribution in [0.2, 0.25) is 0 Å². The van der Waals surface area contributed by atoms with Crippen LogP contribution in [0.25, 0.3) is 0 Å². The number of carboxylic acid groups (broad SMARTS) is 1. The Bertz CT molecular complexity index is 250. The van der Waals surface area contributed by atoms with Crippen molar-refractivity contribution in [2.24, 2.45) is 17.8 Å². The van der Waals surface area contributed by atoms with Crippen LogP contribution in [0.3, 0.4) is 0 Å². The zero-order valence-corrected chi connectivity index (χ0v) is 11.5. The van der Waals surface area contributed by atoms with Crippen molar-refractivity contribution < 1.29 is 14.6 Å². The van der Waals surface area contributed by atoms with Gasteiger partial charge in [0.15, 0.2) is 0 Å². The highest BCUT2D eigenvalue weighted by Gasteiger charge is 2.32. The smallest absolute Gasteiger partial charge is 0.305 e. The molecular weight excluding hydrogens is 216 g/mol. The highest BCUT2D eigenvalue weighted by Crippen LogP contribution is 2.35. The van der Waals surface area contributed by atoms with Crippen LogP contribution in [0, 0.1) is 17.8 Å². The first-order chi connectivity index (χ1) is 7.90. The van der Waals surface area contributed by atoms with Crippen LogP contribution >= 0.6 is 0 Å². The average Bonchev–Trinajstić information content (AvgIpc) is 2.15. The van der Waals surface area contributed by atoms with Crippen molar-refractivity contribution >= 4 is 5.97 Å². The first kappa shape index (κ1) is 14.5. The Hall–Kier alpha value is -0.570. The van der Waals surface area contributed by atoms with E-state index >= 15 is 0 Å². The van der Waals surface area contributed by atoms with Gasteiger partial charge in [-0.2, -0.15) is 0 Å².